The summed E-state index contributed by atoms with van der Waals surface area (Å²) in [5.74, 6) is 1.44. The third-order valence-corrected chi connectivity index (χ3v) is 3.08. The topological polar surface area (TPSA) is 76.7 Å². The van der Waals surface area contributed by atoms with Crippen molar-refractivity contribution in [2.45, 2.75) is 6.92 Å². The molecule has 0 aliphatic heterocycles. The summed E-state index contributed by atoms with van der Waals surface area (Å²) in [6.45, 7) is 4.57. The molecule has 0 amide bonds. The van der Waals surface area contributed by atoms with Gasteiger partial charge in [0.25, 0.3) is 0 Å². The molecule has 0 fully saturated rings. The molecule has 0 radical (unpaired) electrons. The minimum Gasteiger partial charge on any atom is -0.490 e. The number of hydrogen-bond donors (Lipinski definition) is 2. The molecule has 0 spiro atoms. The maximum absolute atomic E-state index is 10.8. The number of sulfonamides is 1. The smallest absolute Gasteiger partial charge is 0.208 e. The Morgan fingerprint density at radius 3 is 2.30 bits per heavy atom. The van der Waals surface area contributed by atoms with Crippen molar-refractivity contribution < 1.29 is 17.9 Å². The highest BCUT2D eigenvalue weighted by Crippen LogP contribution is 2.25. The lowest BCUT2D eigenvalue weighted by molar-refractivity contribution is 0.276. The first-order valence-electron chi connectivity index (χ1n) is 6.53. The van der Waals surface area contributed by atoms with E-state index in [1.165, 1.54) is 0 Å². The fraction of sp³-hybridized carbons (Fsp3) is 0.538. The molecule has 1 aromatic carbocycles. The number of nitrogens with one attached hydrogen (secondary N) is 2. The Hall–Kier alpha value is -1.31. The predicted octanol–water partition coefficient (Wildman–Crippen LogP) is 0.603. The van der Waals surface area contributed by atoms with E-state index < -0.39 is 10.0 Å². The summed E-state index contributed by atoms with van der Waals surface area (Å²) in [6.07, 6.45) is 1.14. The summed E-state index contributed by atoms with van der Waals surface area (Å²) < 4.78 is 35.1. The van der Waals surface area contributed by atoms with Crippen molar-refractivity contribution in [2.24, 2.45) is 0 Å². The van der Waals surface area contributed by atoms with Crippen molar-refractivity contribution in [3.05, 3.63) is 24.3 Å². The second-order valence-corrected chi connectivity index (χ2v) is 5.98. The molecule has 1 rings (SSSR count). The van der Waals surface area contributed by atoms with Crippen LogP contribution in [0.1, 0.15) is 6.92 Å². The Morgan fingerprint density at radius 2 is 1.70 bits per heavy atom. The Labute approximate surface area is 120 Å². The Kier molecular flexibility index (Phi) is 7.35. The van der Waals surface area contributed by atoms with Crippen molar-refractivity contribution in [2.75, 3.05) is 39.1 Å². The van der Waals surface area contributed by atoms with E-state index in [0.717, 1.165) is 12.0 Å². The quantitative estimate of drug-likeness (QED) is 0.619. The van der Waals surface area contributed by atoms with Crippen molar-refractivity contribution in [3.8, 4) is 11.5 Å². The van der Waals surface area contributed by atoms with Gasteiger partial charge in [-0.15, -0.1) is 0 Å². The van der Waals surface area contributed by atoms with Crippen LogP contribution in [0.4, 0.5) is 0 Å². The van der Waals surface area contributed by atoms with Gasteiger partial charge in [-0.25, -0.2) is 13.1 Å². The number of hydrogen-bond acceptors (Lipinski definition) is 5. The van der Waals surface area contributed by atoms with Gasteiger partial charge in [-0.3, -0.25) is 0 Å². The zero-order valence-electron chi connectivity index (χ0n) is 11.9. The molecule has 0 saturated carbocycles. The van der Waals surface area contributed by atoms with E-state index in [9.17, 15) is 8.42 Å². The molecule has 0 unspecified atom stereocenters. The fourth-order valence-corrected chi connectivity index (χ4v) is 2.00. The molecular formula is C13H22N2O4S. The number of para-hydroxylation sites is 2. The van der Waals surface area contributed by atoms with E-state index >= 15 is 0 Å². The summed E-state index contributed by atoms with van der Waals surface area (Å²) in [7, 11) is -3.11. The summed E-state index contributed by atoms with van der Waals surface area (Å²) in [5.41, 5.74) is 0. The molecule has 114 valence electrons. The Bertz CT molecular complexity index is 491. The Balaban J connectivity index is 2.18. The van der Waals surface area contributed by atoms with E-state index in [1.54, 1.807) is 0 Å². The van der Waals surface area contributed by atoms with Crippen molar-refractivity contribution in [3.63, 3.8) is 0 Å². The van der Waals surface area contributed by atoms with E-state index in [1.807, 2.05) is 31.2 Å². The van der Waals surface area contributed by atoms with Crippen molar-refractivity contribution in [1.82, 2.24) is 10.0 Å². The highest BCUT2D eigenvalue weighted by atomic mass is 32.2. The summed E-state index contributed by atoms with van der Waals surface area (Å²) in [4.78, 5) is 0. The molecule has 0 aliphatic carbocycles. The van der Waals surface area contributed by atoms with E-state index in [-0.39, 0.29) is 0 Å². The first kappa shape index (κ1) is 16.7. The molecule has 7 heteroatoms. The highest BCUT2D eigenvalue weighted by molar-refractivity contribution is 7.88. The lowest BCUT2D eigenvalue weighted by Crippen LogP contribution is -2.32. The maximum Gasteiger partial charge on any atom is 0.208 e. The molecule has 1 aromatic rings. The first-order chi connectivity index (χ1) is 9.53. The number of benzene rings is 1. The van der Waals surface area contributed by atoms with Crippen molar-refractivity contribution >= 4 is 10.0 Å². The van der Waals surface area contributed by atoms with Crippen LogP contribution in [0.3, 0.4) is 0 Å². The first-order valence-corrected chi connectivity index (χ1v) is 8.42. The van der Waals surface area contributed by atoms with Gasteiger partial charge < -0.3 is 14.8 Å². The summed E-state index contributed by atoms with van der Waals surface area (Å²) >= 11 is 0. The molecule has 0 heterocycles. The van der Waals surface area contributed by atoms with Crippen LogP contribution < -0.4 is 19.5 Å². The molecule has 0 aliphatic rings. The lowest BCUT2D eigenvalue weighted by atomic mass is 10.3. The third-order valence-electron chi connectivity index (χ3n) is 2.35. The van der Waals surface area contributed by atoms with Crippen molar-refractivity contribution in [1.29, 1.82) is 0 Å². The Morgan fingerprint density at radius 1 is 1.05 bits per heavy atom. The molecule has 2 N–H and O–H groups in total. The molecule has 0 atom stereocenters. The van der Waals surface area contributed by atoms with Crippen LogP contribution in [0.5, 0.6) is 11.5 Å². The number of ether oxygens (including phenoxy) is 2. The minimum atomic E-state index is -3.11. The van der Waals surface area contributed by atoms with Crippen LogP contribution in [0, 0.1) is 0 Å². The van der Waals surface area contributed by atoms with Gasteiger partial charge in [0.15, 0.2) is 11.5 Å². The standard InChI is InChI=1S/C13H22N2O4S/c1-3-18-12-6-4-5-7-13(12)19-11-10-14-8-9-15-20(2,16)17/h4-7,14-15H,3,8-11H2,1-2H3. The fourth-order valence-electron chi connectivity index (χ4n) is 1.53. The maximum atomic E-state index is 10.8. The molecule has 6 nitrogen and oxygen atoms in total. The largest absolute Gasteiger partial charge is 0.490 e. The van der Waals surface area contributed by atoms with Crippen LogP contribution in [0.2, 0.25) is 0 Å². The third kappa shape index (κ3) is 7.32. The second-order valence-electron chi connectivity index (χ2n) is 4.14. The van der Waals surface area contributed by atoms with E-state index in [2.05, 4.69) is 10.0 Å². The highest BCUT2D eigenvalue weighted by Gasteiger charge is 2.03. The van der Waals surface area contributed by atoms with Crippen LogP contribution in [-0.4, -0.2) is 47.5 Å². The predicted molar refractivity (Wildman–Crippen MR) is 78.8 cm³/mol. The second kappa shape index (κ2) is 8.78. The number of rotatable bonds is 10. The van der Waals surface area contributed by atoms with Gasteiger partial charge in [0.2, 0.25) is 10.0 Å². The zero-order chi connectivity index (χ0) is 14.8. The normalized spacial score (nSPS) is 11.3. The molecule has 0 bridgehead atoms. The van der Waals surface area contributed by atoms with Gasteiger partial charge in [0.1, 0.15) is 6.61 Å². The SMILES string of the molecule is CCOc1ccccc1OCCNCCNS(C)(=O)=O. The van der Waals surface area contributed by atoms with Gasteiger partial charge in [-0.05, 0) is 19.1 Å². The van der Waals surface area contributed by atoms with Crippen LogP contribution in [0.15, 0.2) is 24.3 Å². The van der Waals surface area contributed by atoms with E-state index in [4.69, 9.17) is 9.47 Å². The lowest BCUT2D eigenvalue weighted by Gasteiger charge is -2.12. The van der Waals surface area contributed by atoms with Crippen LogP contribution >= 0.6 is 0 Å². The van der Waals surface area contributed by atoms with E-state index in [0.29, 0.717) is 38.6 Å². The molecule has 20 heavy (non-hydrogen) atoms. The van der Waals surface area contributed by atoms with Gasteiger partial charge in [0.05, 0.1) is 12.9 Å². The summed E-state index contributed by atoms with van der Waals surface area (Å²) in [5, 5.41) is 3.09. The van der Waals surface area contributed by atoms with Gasteiger partial charge in [-0.1, -0.05) is 12.1 Å². The molecular weight excluding hydrogens is 280 g/mol. The van der Waals surface area contributed by atoms with Crippen LogP contribution in [0.25, 0.3) is 0 Å². The zero-order valence-corrected chi connectivity index (χ0v) is 12.7. The summed E-state index contributed by atoms with van der Waals surface area (Å²) in [6, 6.07) is 7.51. The monoisotopic (exact) mass is 302 g/mol. The minimum absolute atomic E-state index is 0.369. The molecule has 0 aromatic heterocycles. The average Bonchev–Trinajstić information content (AvgIpc) is 2.38. The van der Waals surface area contributed by atoms with Gasteiger partial charge >= 0.3 is 0 Å². The van der Waals surface area contributed by atoms with Gasteiger partial charge in [-0.2, -0.15) is 0 Å². The van der Waals surface area contributed by atoms with Crippen LogP contribution in [-0.2, 0) is 10.0 Å². The average molecular weight is 302 g/mol. The molecule has 0 saturated heterocycles. The van der Waals surface area contributed by atoms with Gasteiger partial charge in [0, 0.05) is 19.6 Å².